The third-order valence-corrected chi connectivity index (χ3v) is 8.56. The van der Waals surface area contributed by atoms with Gasteiger partial charge in [0.25, 0.3) is 0 Å². The Kier molecular flexibility index (Phi) is 9.87. The van der Waals surface area contributed by atoms with E-state index in [2.05, 4.69) is 26.1 Å². The highest BCUT2D eigenvalue weighted by molar-refractivity contribution is 5.94. The number of carbonyl (C=O) groups excluding carboxylic acids is 1. The molecule has 2 aliphatic heterocycles. The van der Waals surface area contributed by atoms with Crippen LogP contribution in [-0.2, 0) is 22.4 Å². The number of aryl methyl sites for hydroxylation is 2. The quantitative estimate of drug-likeness (QED) is 0.218. The van der Waals surface area contributed by atoms with E-state index in [1.54, 1.807) is 0 Å². The molecule has 228 valence electrons. The van der Waals surface area contributed by atoms with E-state index >= 15 is 0 Å². The Hall–Kier alpha value is -4.04. The van der Waals surface area contributed by atoms with Crippen LogP contribution < -0.4 is 19.5 Å². The van der Waals surface area contributed by atoms with E-state index < -0.39 is 17.9 Å². The van der Waals surface area contributed by atoms with Gasteiger partial charge >= 0.3 is 5.97 Å². The number of carboxylic acids is 1. The maximum Gasteiger partial charge on any atom is 0.309 e. The molecule has 1 saturated heterocycles. The molecule has 3 aromatic carbocycles. The van der Waals surface area contributed by atoms with Crippen LogP contribution in [0.1, 0.15) is 74.2 Å². The van der Waals surface area contributed by atoms with Crippen LogP contribution in [0.2, 0.25) is 0 Å². The first kappa shape index (κ1) is 30.4. The molecule has 0 radical (unpaired) electrons. The number of hydrogen-bond donors (Lipinski definition) is 2. The highest BCUT2D eigenvalue weighted by Crippen LogP contribution is 2.47. The van der Waals surface area contributed by atoms with Crippen LogP contribution in [0, 0.1) is 5.92 Å². The number of nitrogens with one attached hydrogen (secondary N) is 1. The lowest BCUT2D eigenvalue weighted by Crippen LogP contribution is -2.35. The molecule has 2 N–H and O–H groups in total. The van der Waals surface area contributed by atoms with Crippen molar-refractivity contribution in [2.75, 3.05) is 31.8 Å². The summed E-state index contributed by atoms with van der Waals surface area (Å²) in [5, 5.41) is 13.8. The van der Waals surface area contributed by atoms with E-state index in [-0.39, 0.29) is 25.2 Å². The smallest absolute Gasteiger partial charge is 0.309 e. The number of unbranched alkanes of at least 4 members (excludes halogenated alkanes) is 2. The summed E-state index contributed by atoms with van der Waals surface area (Å²) in [4.78, 5) is 28.6. The average Bonchev–Trinajstić information content (AvgIpc) is 3.64. The van der Waals surface area contributed by atoms with E-state index in [1.165, 1.54) is 0 Å². The van der Waals surface area contributed by atoms with Crippen molar-refractivity contribution in [3.05, 3.63) is 82.9 Å². The lowest BCUT2D eigenvalue weighted by molar-refractivity contribution is -0.143. The molecular formula is C35H42N2O6. The highest BCUT2D eigenvalue weighted by atomic mass is 16.7. The minimum Gasteiger partial charge on any atom is -0.494 e. The van der Waals surface area contributed by atoms with Gasteiger partial charge in [-0.3, -0.25) is 14.5 Å². The Balaban J connectivity index is 1.44. The highest BCUT2D eigenvalue weighted by Gasteiger charge is 2.48. The standard InChI is InChI=1S/C35H42N2O6/c1-4-7-8-18-41-27-15-12-25(13-16-27)34-32(35(39)40)28(26-14-17-29-30(19-26)43-22-42-29)20-37(34)21-31(38)36-33-23(5-2)10-9-11-24(33)6-3/h9-17,19,28,32,34H,4-8,18,20-22H2,1-3H3,(H,36,38)(H,39,40)/t28-,32-,34+/m1/s1. The van der Waals surface area contributed by atoms with Crippen LogP contribution in [0.5, 0.6) is 17.2 Å². The van der Waals surface area contributed by atoms with Gasteiger partial charge in [0.15, 0.2) is 11.5 Å². The largest absolute Gasteiger partial charge is 0.494 e. The second kappa shape index (κ2) is 14.0. The molecule has 5 rings (SSSR count). The second-order valence-electron chi connectivity index (χ2n) is 11.3. The molecule has 0 saturated carbocycles. The molecule has 3 atom stereocenters. The monoisotopic (exact) mass is 586 g/mol. The van der Waals surface area contributed by atoms with Crippen LogP contribution in [0.25, 0.3) is 0 Å². The number of carboxylic acid groups (broad SMARTS) is 1. The van der Waals surface area contributed by atoms with Crippen molar-refractivity contribution < 1.29 is 28.9 Å². The van der Waals surface area contributed by atoms with Gasteiger partial charge in [0.1, 0.15) is 5.75 Å². The number of benzene rings is 3. The van der Waals surface area contributed by atoms with Crippen molar-refractivity contribution in [3.63, 3.8) is 0 Å². The van der Waals surface area contributed by atoms with Gasteiger partial charge in [0.05, 0.1) is 19.1 Å². The SMILES string of the molecule is CCCCCOc1ccc([C@H]2[C@H](C(=O)O)[C@@H](c3ccc4c(c3)OCO4)CN2CC(=O)Nc2c(CC)cccc2CC)cc1. The Morgan fingerprint density at radius 3 is 2.30 bits per heavy atom. The normalized spacial score (nSPS) is 19.4. The summed E-state index contributed by atoms with van der Waals surface area (Å²) in [6, 6.07) is 18.9. The summed E-state index contributed by atoms with van der Waals surface area (Å²) in [6.45, 7) is 7.56. The van der Waals surface area contributed by atoms with Crippen LogP contribution in [0.4, 0.5) is 5.69 Å². The van der Waals surface area contributed by atoms with Crippen molar-refractivity contribution in [1.82, 2.24) is 4.90 Å². The molecule has 0 aliphatic carbocycles. The number of rotatable bonds is 13. The molecule has 0 bridgehead atoms. The van der Waals surface area contributed by atoms with Crippen LogP contribution in [0.15, 0.2) is 60.7 Å². The van der Waals surface area contributed by atoms with Crippen LogP contribution in [-0.4, -0.2) is 48.4 Å². The predicted molar refractivity (Wildman–Crippen MR) is 166 cm³/mol. The summed E-state index contributed by atoms with van der Waals surface area (Å²) < 4.78 is 17.0. The minimum absolute atomic E-state index is 0.0615. The number of hydrogen-bond acceptors (Lipinski definition) is 6. The second-order valence-corrected chi connectivity index (χ2v) is 11.3. The van der Waals surface area contributed by atoms with Crippen molar-refractivity contribution in [2.45, 2.75) is 64.8 Å². The molecule has 8 heteroatoms. The summed E-state index contributed by atoms with van der Waals surface area (Å²) in [5.41, 5.74) is 4.72. The van der Waals surface area contributed by atoms with Gasteiger partial charge in [0, 0.05) is 24.2 Å². The Morgan fingerprint density at radius 1 is 0.930 bits per heavy atom. The number of para-hydroxylation sites is 1. The lowest BCUT2D eigenvalue weighted by Gasteiger charge is -2.27. The number of carbonyl (C=O) groups is 2. The third kappa shape index (κ3) is 6.80. The molecule has 1 fully saturated rings. The van der Waals surface area contributed by atoms with E-state index in [1.807, 2.05) is 65.6 Å². The first-order valence-corrected chi connectivity index (χ1v) is 15.4. The van der Waals surface area contributed by atoms with Crippen LogP contribution in [0.3, 0.4) is 0 Å². The molecule has 0 spiro atoms. The number of likely N-dealkylation sites (tertiary alicyclic amines) is 1. The number of ether oxygens (including phenoxy) is 3. The van der Waals surface area contributed by atoms with Gasteiger partial charge < -0.3 is 24.6 Å². The van der Waals surface area contributed by atoms with Gasteiger partial charge in [-0.1, -0.05) is 70.0 Å². The number of aliphatic carboxylic acids is 1. The molecular weight excluding hydrogens is 544 g/mol. The molecule has 0 aromatic heterocycles. The van der Waals surface area contributed by atoms with Crippen molar-refractivity contribution in [3.8, 4) is 17.2 Å². The first-order chi connectivity index (χ1) is 20.9. The fourth-order valence-electron chi connectivity index (χ4n) is 6.34. The van der Waals surface area contributed by atoms with Crippen molar-refractivity contribution in [1.29, 1.82) is 0 Å². The van der Waals surface area contributed by atoms with Gasteiger partial charge in [-0.05, 0) is 65.8 Å². The van der Waals surface area contributed by atoms with Gasteiger partial charge in [0.2, 0.25) is 12.7 Å². The maximum atomic E-state index is 13.6. The summed E-state index contributed by atoms with van der Waals surface area (Å²) >= 11 is 0. The molecule has 0 unspecified atom stereocenters. The van der Waals surface area contributed by atoms with E-state index in [4.69, 9.17) is 14.2 Å². The molecule has 3 aromatic rings. The van der Waals surface area contributed by atoms with Crippen molar-refractivity contribution >= 4 is 17.6 Å². The minimum atomic E-state index is -0.903. The number of amides is 1. The summed E-state index contributed by atoms with van der Waals surface area (Å²) in [5.74, 6) is -0.182. The molecule has 2 aliphatic rings. The Morgan fingerprint density at radius 2 is 1.63 bits per heavy atom. The third-order valence-electron chi connectivity index (χ3n) is 8.56. The average molecular weight is 587 g/mol. The predicted octanol–water partition coefficient (Wildman–Crippen LogP) is 6.59. The zero-order valence-corrected chi connectivity index (χ0v) is 25.3. The molecule has 43 heavy (non-hydrogen) atoms. The first-order valence-electron chi connectivity index (χ1n) is 15.4. The fourth-order valence-corrected chi connectivity index (χ4v) is 6.34. The number of nitrogens with zero attached hydrogens (tertiary/aromatic N) is 1. The zero-order valence-electron chi connectivity index (χ0n) is 25.3. The maximum absolute atomic E-state index is 13.6. The Labute approximate surface area is 254 Å². The lowest BCUT2D eigenvalue weighted by atomic mass is 9.82. The van der Waals surface area contributed by atoms with E-state index in [9.17, 15) is 14.7 Å². The Bertz CT molecular complexity index is 1400. The van der Waals surface area contributed by atoms with Gasteiger partial charge in [-0.2, -0.15) is 0 Å². The van der Waals surface area contributed by atoms with Crippen molar-refractivity contribution in [2.24, 2.45) is 5.92 Å². The summed E-state index contributed by atoms with van der Waals surface area (Å²) in [7, 11) is 0. The molecule has 8 nitrogen and oxygen atoms in total. The van der Waals surface area contributed by atoms with E-state index in [0.717, 1.165) is 65.8 Å². The summed E-state index contributed by atoms with van der Waals surface area (Å²) in [6.07, 6.45) is 4.83. The molecule has 2 heterocycles. The van der Waals surface area contributed by atoms with Gasteiger partial charge in [-0.15, -0.1) is 0 Å². The van der Waals surface area contributed by atoms with E-state index in [0.29, 0.717) is 24.7 Å². The topological polar surface area (TPSA) is 97.3 Å². The van der Waals surface area contributed by atoms with Crippen LogP contribution >= 0.6 is 0 Å². The number of anilines is 1. The van der Waals surface area contributed by atoms with Gasteiger partial charge in [-0.25, -0.2) is 0 Å². The fraction of sp³-hybridized carbons (Fsp3) is 0.429. The zero-order chi connectivity index (χ0) is 30.3. The molecule has 1 amide bonds. The number of fused-ring (bicyclic) bond motifs is 1.